The van der Waals surface area contributed by atoms with Gasteiger partial charge in [0.1, 0.15) is 18.0 Å². The summed E-state index contributed by atoms with van der Waals surface area (Å²) in [5, 5.41) is 0.0386. The second-order valence-corrected chi connectivity index (χ2v) is 5.11. The molecule has 1 aromatic rings. The van der Waals surface area contributed by atoms with Crippen molar-refractivity contribution in [2.75, 3.05) is 20.3 Å². The number of hydrogen-bond acceptors (Lipinski definition) is 3. The number of alkyl halides is 1. The van der Waals surface area contributed by atoms with E-state index in [4.69, 9.17) is 25.8 Å². The van der Waals surface area contributed by atoms with E-state index in [0.29, 0.717) is 13.2 Å². The van der Waals surface area contributed by atoms with E-state index in [0.717, 1.165) is 12.2 Å². The first kappa shape index (κ1) is 13.7. The Balaban J connectivity index is 1.85. The Bertz CT molecular complexity index is 383. The Morgan fingerprint density at radius 2 is 2.17 bits per heavy atom. The second kappa shape index (κ2) is 6.41. The SMILES string of the molecule is COCCOC1C(Cl)CC1Oc1cccc(C)c1. The van der Waals surface area contributed by atoms with E-state index < -0.39 is 0 Å². The minimum Gasteiger partial charge on any atom is -0.488 e. The number of ether oxygens (including phenoxy) is 3. The van der Waals surface area contributed by atoms with Crippen molar-refractivity contribution in [2.24, 2.45) is 0 Å². The minimum atomic E-state index is -0.0395. The molecule has 18 heavy (non-hydrogen) atoms. The number of aryl methyl sites for hydroxylation is 1. The topological polar surface area (TPSA) is 27.7 Å². The average Bonchev–Trinajstić information content (AvgIpc) is 2.34. The van der Waals surface area contributed by atoms with Gasteiger partial charge in [0.15, 0.2) is 0 Å². The Labute approximate surface area is 113 Å². The molecule has 1 fully saturated rings. The summed E-state index contributed by atoms with van der Waals surface area (Å²) in [6.07, 6.45) is 0.834. The minimum absolute atomic E-state index is 0.0386. The van der Waals surface area contributed by atoms with E-state index in [1.807, 2.05) is 31.2 Å². The first-order chi connectivity index (χ1) is 8.70. The van der Waals surface area contributed by atoms with Crippen LogP contribution in [-0.4, -0.2) is 37.9 Å². The fourth-order valence-corrected chi connectivity index (χ4v) is 2.40. The molecule has 1 saturated carbocycles. The maximum atomic E-state index is 6.14. The molecule has 1 aromatic carbocycles. The first-order valence-electron chi connectivity index (χ1n) is 6.18. The third-order valence-electron chi connectivity index (χ3n) is 3.06. The molecule has 0 heterocycles. The van der Waals surface area contributed by atoms with Crippen molar-refractivity contribution in [3.05, 3.63) is 29.8 Å². The van der Waals surface area contributed by atoms with Gasteiger partial charge in [-0.1, -0.05) is 12.1 Å². The molecule has 0 radical (unpaired) electrons. The van der Waals surface area contributed by atoms with Gasteiger partial charge in [-0.15, -0.1) is 11.6 Å². The van der Waals surface area contributed by atoms with Gasteiger partial charge in [0.25, 0.3) is 0 Å². The van der Waals surface area contributed by atoms with E-state index in [1.165, 1.54) is 5.56 Å². The summed E-state index contributed by atoms with van der Waals surface area (Å²) in [7, 11) is 1.66. The molecule has 0 aromatic heterocycles. The predicted molar refractivity (Wildman–Crippen MR) is 71.5 cm³/mol. The number of benzene rings is 1. The van der Waals surface area contributed by atoms with Crippen LogP contribution in [0.4, 0.5) is 0 Å². The van der Waals surface area contributed by atoms with Crippen LogP contribution in [0.25, 0.3) is 0 Å². The smallest absolute Gasteiger partial charge is 0.128 e. The standard InChI is InChI=1S/C14H19ClO3/c1-10-4-3-5-11(8-10)18-13-9-12(15)14(13)17-7-6-16-2/h3-5,8,12-14H,6-7,9H2,1-2H3. The molecule has 0 amide bonds. The fraction of sp³-hybridized carbons (Fsp3) is 0.571. The van der Waals surface area contributed by atoms with Gasteiger partial charge in [-0.2, -0.15) is 0 Å². The monoisotopic (exact) mass is 270 g/mol. The Hall–Kier alpha value is -0.770. The lowest BCUT2D eigenvalue weighted by Crippen LogP contribution is -2.53. The van der Waals surface area contributed by atoms with Crippen molar-refractivity contribution in [3.63, 3.8) is 0 Å². The third-order valence-corrected chi connectivity index (χ3v) is 3.48. The molecule has 4 heteroatoms. The fourth-order valence-electron chi connectivity index (χ4n) is 1.99. The zero-order valence-electron chi connectivity index (χ0n) is 10.8. The highest BCUT2D eigenvalue weighted by molar-refractivity contribution is 6.21. The van der Waals surface area contributed by atoms with E-state index in [1.54, 1.807) is 7.11 Å². The second-order valence-electron chi connectivity index (χ2n) is 4.55. The molecule has 100 valence electrons. The molecule has 0 N–H and O–H groups in total. The lowest BCUT2D eigenvalue weighted by Gasteiger charge is -2.40. The Kier molecular flexibility index (Phi) is 4.87. The first-order valence-corrected chi connectivity index (χ1v) is 6.62. The Morgan fingerprint density at radius 3 is 2.83 bits per heavy atom. The molecule has 3 unspecified atom stereocenters. The van der Waals surface area contributed by atoms with E-state index >= 15 is 0 Å². The van der Waals surface area contributed by atoms with Crippen LogP contribution in [0.5, 0.6) is 5.75 Å². The maximum absolute atomic E-state index is 6.14. The van der Waals surface area contributed by atoms with Crippen molar-refractivity contribution in [1.29, 1.82) is 0 Å². The summed E-state index contributed by atoms with van der Waals surface area (Å²) < 4.78 is 16.5. The van der Waals surface area contributed by atoms with Gasteiger partial charge in [0.2, 0.25) is 0 Å². The van der Waals surface area contributed by atoms with Crippen LogP contribution in [-0.2, 0) is 9.47 Å². The summed E-state index contributed by atoms with van der Waals surface area (Å²) in [5.41, 5.74) is 1.19. The van der Waals surface area contributed by atoms with Crippen LogP contribution in [0.1, 0.15) is 12.0 Å². The summed E-state index contributed by atoms with van der Waals surface area (Å²) in [6.45, 7) is 3.18. The van der Waals surface area contributed by atoms with Crippen LogP contribution in [0.15, 0.2) is 24.3 Å². The van der Waals surface area contributed by atoms with E-state index in [2.05, 4.69) is 0 Å². The van der Waals surface area contributed by atoms with Gasteiger partial charge >= 0.3 is 0 Å². The molecule has 3 nitrogen and oxygen atoms in total. The maximum Gasteiger partial charge on any atom is 0.128 e. The zero-order valence-corrected chi connectivity index (χ0v) is 11.5. The number of hydrogen-bond donors (Lipinski definition) is 0. The molecular weight excluding hydrogens is 252 g/mol. The van der Waals surface area contributed by atoms with Crippen molar-refractivity contribution in [2.45, 2.75) is 30.9 Å². The summed E-state index contributed by atoms with van der Waals surface area (Å²) >= 11 is 6.14. The van der Waals surface area contributed by atoms with Gasteiger partial charge < -0.3 is 14.2 Å². The van der Waals surface area contributed by atoms with Crippen LogP contribution < -0.4 is 4.74 Å². The largest absolute Gasteiger partial charge is 0.488 e. The van der Waals surface area contributed by atoms with Gasteiger partial charge in [-0.05, 0) is 24.6 Å². The molecule has 3 atom stereocenters. The quantitative estimate of drug-likeness (QED) is 0.588. The van der Waals surface area contributed by atoms with Crippen LogP contribution in [0, 0.1) is 6.92 Å². The van der Waals surface area contributed by atoms with Crippen LogP contribution in [0.3, 0.4) is 0 Å². The van der Waals surface area contributed by atoms with Crippen molar-refractivity contribution >= 4 is 11.6 Å². The summed E-state index contributed by atoms with van der Waals surface area (Å²) in [5.74, 6) is 0.879. The molecule has 2 rings (SSSR count). The molecule has 0 saturated heterocycles. The van der Waals surface area contributed by atoms with Gasteiger partial charge in [0, 0.05) is 13.5 Å². The van der Waals surface area contributed by atoms with Crippen molar-refractivity contribution in [3.8, 4) is 5.75 Å². The lowest BCUT2D eigenvalue weighted by molar-refractivity contribution is -0.0898. The highest BCUT2D eigenvalue weighted by Crippen LogP contribution is 2.33. The normalized spacial score (nSPS) is 26.7. The van der Waals surface area contributed by atoms with Crippen molar-refractivity contribution in [1.82, 2.24) is 0 Å². The number of halogens is 1. The molecule has 1 aliphatic carbocycles. The summed E-state index contributed by atoms with van der Waals surface area (Å²) in [6, 6.07) is 8.02. The van der Waals surface area contributed by atoms with Crippen LogP contribution >= 0.6 is 11.6 Å². The van der Waals surface area contributed by atoms with E-state index in [-0.39, 0.29) is 17.6 Å². The highest BCUT2D eigenvalue weighted by Gasteiger charge is 2.42. The van der Waals surface area contributed by atoms with Gasteiger partial charge in [0.05, 0.1) is 18.6 Å². The molecular formula is C14H19ClO3. The lowest BCUT2D eigenvalue weighted by atomic mass is 9.91. The molecule has 0 bridgehead atoms. The average molecular weight is 271 g/mol. The highest BCUT2D eigenvalue weighted by atomic mass is 35.5. The number of methoxy groups -OCH3 is 1. The van der Waals surface area contributed by atoms with Gasteiger partial charge in [-0.3, -0.25) is 0 Å². The zero-order chi connectivity index (χ0) is 13.0. The van der Waals surface area contributed by atoms with Gasteiger partial charge in [-0.25, -0.2) is 0 Å². The molecule has 1 aliphatic rings. The Morgan fingerprint density at radius 1 is 1.33 bits per heavy atom. The van der Waals surface area contributed by atoms with Crippen molar-refractivity contribution < 1.29 is 14.2 Å². The third kappa shape index (κ3) is 3.37. The summed E-state index contributed by atoms with van der Waals surface area (Å²) in [4.78, 5) is 0. The predicted octanol–water partition coefficient (Wildman–Crippen LogP) is 2.79. The molecule has 0 spiro atoms. The molecule has 0 aliphatic heterocycles. The number of rotatable bonds is 6. The van der Waals surface area contributed by atoms with Crippen LogP contribution in [0.2, 0.25) is 0 Å². The van der Waals surface area contributed by atoms with E-state index in [9.17, 15) is 0 Å².